The van der Waals surface area contributed by atoms with Gasteiger partial charge in [0.25, 0.3) is 0 Å². The zero-order chi connectivity index (χ0) is 10.8. The fraction of sp³-hybridized carbons (Fsp3) is 0.538. The summed E-state index contributed by atoms with van der Waals surface area (Å²) < 4.78 is 0. The zero-order valence-corrected chi connectivity index (χ0v) is 9.40. The summed E-state index contributed by atoms with van der Waals surface area (Å²) in [6.45, 7) is 4.59. The normalized spacial score (nSPS) is 25.0. The highest BCUT2D eigenvalue weighted by molar-refractivity contribution is 5.47. The van der Waals surface area contributed by atoms with Crippen LogP contribution >= 0.6 is 0 Å². The van der Waals surface area contributed by atoms with Crippen molar-refractivity contribution in [1.82, 2.24) is 0 Å². The molecule has 0 spiro atoms. The van der Waals surface area contributed by atoms with Crippen LogP contribution in [0.5, 0.6) is 5.75 Å². The minimum Gasteiger partial charge on any atom is -0.508 e. The van der Waals surface area contributed by atoms with E-state index in [1.807, 2.05) is 12.1 Å². The van der Waals surface area contributed by atoms with Crippen LogP contribution in [0.15, 0.2) is 24.3 Å². The van der Waals surface area contributed by atoms with Crippen molar-refractivity contribution in [1.29, 1.82) is 0 Å². The molecule has 0 saturated heterocycles. The molecule has 0 heterocycles. The number of nitrogens with one attached hydrogen (secondary N) is 1. The Labute approximate surface area is 91.3 Å². The Kier molecular flexibility index (Phi) is 2.85. The maximum absolute atomic E-state index is 9.15. The van der Waals surface area contributed by atoms with Crippen LogP contribution < -0.4 is 5.32 Å². The molecular formula is C13H19NO. The van der Waals surface area contributed by atoms with Crippen molar-refractivity contribution < 1.29 is 5.11 Å². The standard InChI is InChI=1S/C13H19NO/c1-9(2)10-7-12(8-10)14-11-3-5-13(15)6-4-11/h3-6,9-10,12,14-15H,7-8H2,1-2H3. The summed E-state index contributed by atoms with van der Waals surface area (Å²) in [4.78, 5) is 0. The first-order valence-corrected chi connectivity index (χ1v) is 5.70. The second kappa shape index (κ2) is 4.13. The van der Waals surface area contributed by atoms with Crippen molar-refractivity contribution in [3.63, 3.8) is 0 Å². The number of anilines is 1. The number of aromatic hydroxyl groups is 1. The minimum atomic E-state index is 0.328. The Hall–Kier alpha value is -1.18. The molecule has 0 unspecified atom stereocenters. The SMILES string of the molecule is CC(C)C1CC(Nc2ccc(O)cc2)C1. The molecule has 0 atom stereocenters. The smallest absolute Gasteiger partial charge is 0.115 e. The van der Waals surface area contributed by atoms with E-state index in [-0.39, 0.29) is 0 Å². The zero-order valence-electron chi connectivity index (χ0n) is 9.40. The molecule has 0 bridgehead atoms. The van der Waals surface area contributed by atoms with Crippen molar-refractivity contribution in [2.45, 2.75) is 32.7 Å². The van der Waals surface area contributed by atoms with E-state index in [0.717, 1.165) is 17.5 Å². The van der Waals surface area contributed by atoms with E-state index in [0.29, 0.717) is 11.8 Å². The predicted octanol–water partition coefficient (Wildman–Crippen LogP) is 3.24. The molecule has 2 heteroatoms. The first-order chi connectivity index (χ1) is 7.15. The highest BCUT2D eigenvalue weighted by Crippen LogP contribution is 2.35. The van der Waals surface area contributed by atoms with Gasteiger partial charge in [-0.3, -0.25) is 0 Å². The van der Waals surface area contributed by atoms with Gasteiger partial charge in [-0.2, -0.15) is 0 Å². The maximum atomic E-state index is 9.15. The van der Waals surface area contributed by atoms with Crippen molar-refractivity contribution in [3.8, 4) is 5.75 Å². The highest BCUT2D eigenvalue weighted by Gasteiger charge is 2.30. The summed E-state index contributed by atoms with van der Waals surface area (Å²) >= 11 is 0. The Balaban J connectivity index is 1.82. The fourth-order valence-electron chi connectivity index (χ4n) is 2.12. The Morgan fingerprint density at radius 2 is 1.80 bits per heavy atom. The maximum Gasteiger partial charge on any atom is 0.115 e. The predicted molar refractivity (Wildman–Crippen MR) is 63.1 cm³/mol. The van der Waals surface area contributed by atoms with E-state index in [4.69, 9.17) is 5.11 Å². The van der Waals surface area contributed by atoms with E-state index in [1.54, 1.807) is 12.1 Å². The van der Waals surface area contributed by atoms with Gasteiger partial charge in [0.1, 0.15) is 5.75 Å². The number of phenolic OH excluding ortho intramolecular Hbond substituents is 1. The lowest BCUT2D eigenvalue weighted by molar-refractivity contribution is 0.212. The molecule has 0 aliphatic heterocycles. The van der Waals surface area contributed by atoms with Gasteiger partial charge in [-0.15, -0.1) is 0 Å². The van der Waals surface area contributed by atoms with Crippen LogP contribution in [0.25, 0.3) is 0 Å². The van der Waals surface area contributed by atoms with Gasteiger partial charge in [-0.25, -0.2) is 0 Å². The summed E-state index contributed by atoms with van der Waals surface area (Å²) in [6.07, 6.45) is 2.55. The highest BCUT2D eigenvalue weighted by atomic mass is 16.3. The molecule has 1 fully saturated rings. The number of rotatable bonds is 3. The molecule has 0 aromatic heterocycles. The topological polar surface area (TPSA) is 32.3 Å². The molecule has 1 aliphatic rings. The minimum absolute atomic E-state index is 0.328. The molecule has 1 saturated carbocycles. The van der Waals surface area contributed by atoms with Crippen molar-refractivity contribution in [2.24, 2.45) is 11.8 Å². The van der Waals surface area contributed by atoms with Crippen LogP contribution in [0.3, 0.4) is 0 Å². The van der Waals surface area contributed by atoms with Gasteiger partial charge in [-0.05, 0) is 48.9 Å². The van der Waals surface area contributed by atoms with Gasteiger partial charge in [0.15, 0.2) is 0 Å². The number of benzene rings is 1. The third-order valence-corrected chi connectivity index (χ3v) is 3.36. The van der Waals surface area contributed by atoms with Crippen LogP contribution in [0.1, 0.15) is 26.7 Å². The van der Waals surface area contributed by atoms with E-state index in [9.17, 15) is 0 Å². The molecule has 2 N–H and O–H groups in total. The second-order valence-corrected chi connectivity index (χ2v) is 4.86. The fourth-order valence-corrected chi connectivity index (χ4v) is 2.12. The molecule has 1 aromatic rings. The lowest BCUT2D eigenvalue weighted by Crippen LogP contribution is -2.37. The Morgan fingerprint density at radius 1 is 1.20 bits per heavy atom. The lowest BCUT2D eigenvalue weighted by atomic mass is 9.73. The molecule has 15 heavy (non-hydrogen) atoms. The Morgan fingerprint density at radius 3 is 2.33 bits per heavy atom. The molecule has 82 valence electrons. The molecule has 2 nitrogen and oxygen atoms in total. The number of hydrogen-bond donors (Lipinski definition) is 2. The molecule has 0 radical (unpaired) electrons. The van der Waals surface area contributed by atoms with Crippen LogP contribution in [0.2, 0.25) is 0 Å². The first kappa shape index (κ1) is 10.3. The van der Waals surface area contributed by atoms with Crippen LogP contribution in [0, 0.1) is 11.8 Å². The summed E-state index contributed by atoms with van der Waals surface area (Å²) in [5, 5.41) is 12.6. The van der Waals surface area contributed by atoms with Gasteiger partial charge in [0, 0.05) is 11.7 Å². The van der Waals surface area contributed by atoms with Gasteiger partial charge in [0.2, 0.25) is 0 Å². The van der Waals surface area contributed by atoms with Gasteiger partial charge in [0.05, 0.1) is 0 Å². The average Bonchev–Trinajstić information content (AvgIpc) is 2.13. The van der Waals surface area contributed by atoms with Gasteiger partial charge in [-0.1, -0.05) is 13.8 Å². The monoisotopic (exact) mass is 205 g/mol. The molecule has 1 aromatic carbocycles. The van der Waals surface area contributed by atoms with Crippen LogP contribution in [-0.2, 0) is 0 Å². The van der Waals surface area contributed by atoms with Crippen LogP contribution in [0.4, 0.5) is 5.69 Å². The Bertz CT molecular complexity index is 312. The van der Waals surface area contributed by atoms with E-state index in [1.165, 1.54) is 12.8 Å². The lowest BCUT2D eigenvalue weighted by Gasteiger charge is -2.39. The van der Waals surface area contributed by atoms with Crippen molar-refractivity contribution >= 4 is 5.69 Å². The molecule has 0 amide bonds. The van der Waals surface area contributed by atoms with E-state index >= 15 is 0 Å². The van der Waals surface area contributed by atoms with Gasteiger partial charge >= 0.3 is 0 Å². The summed E-state index contributed by atoms with van der Waals surface area (Å²) in [5.41, 5.74) is 1.11. The number of phenols is 1. The average molecular weight is 205 g/mol. The van der Waals surface area contributed by atoms with Crippen LogP contribution in [-0.4, -0.2) is 11.1 Å². The van der Waals surface area contributed by atoms with Crippen molar-refractivity contribution in [2.75, 3.05) is 5.32 Å². The van der Waals surface area contributed by atoms with E-state index < -0.39 is 0 Å². The first-order valence-electron chi connectivity index (χ1n) is 5.70. The summed E-state index contributed by atoms with van der Waals surface area (Å²) in [6, 6.07) is 7.93. The van der Waals surface area contributed by atoms with Crippen molar-refractivity contribution in [3.05, 3.63) is 24.3 Å². The third-order valence-electron chi connectivity index (χ3n) is 3.36. The summed E-state index contributed by atoms with van der Waals surface area (Å²) in [7, 11) is 0. The van der Waals surface area contributed by atoms with Gasteiger partial charge < -0.3 is 10.4 Å². The molecule has 2 rings (SSSR count). The third kappa shape index (κ3) is 2.44. The van der Waals surface area contributed by atoms with E-state index in [2.05, 4.69) is 19.2 Å². The molecular weight excluding hydrogens is 186 g/mol. The molecule has 1 aliphatic carbocycles. The second-order valence-electron chi connectivity index (χ2n) is 4.86. The largest absolute Gasteiger partial charge is 0.508 e. The quantitative estimate of drug-likeness (QED) is 0.742. The number of hydrogen-bond acceptors (Lipinski definition) is 2. The summed E-state index contributed by atoms with van der Waals surface area (Å²) in [5.74, 6) is 2.02.